The van der Waals surface area contributed by atoms with Gasteiger partial charge in [0, 0.05) is 70.7 Å². The molecule has 1 N–H and O–H groups in total. The fourth-order valence-corrected chi connectivity index (χ4v) is 4.58. The average Bonchev–Trinajstić information content (AvgIpc) is 3.68. The Balaban J connectivity index is 1.28. The molecule has 0 aliphatic carbocycles. The number of pyridine rings is 4. The van der Waals surface area contributed by atoms with E-state index in [1.165, 1.54) is 5.56 Å². The van der Waals surface area contributed by atoms with Gasteiger partial charge in [0.1, 0.15) is 12.0 Å². The lowest BCUT2D eigenvalue weighted by molar-refractivity contribution is 1.02. The van der Waals surface area contributed by atoms with E-state index in [-0.39, 0.29) is 6.17 Å². The van der Waals surface area contributed by atoms with E-state index >= 15 is 0 Å². The van der Waals surface area contributed by atoms with Crippen molar-refractivity contribution in [1.82, 2.24) is 19.9 Å². The van der Waals surface area contributed by atoms with E-state index in [0.717, 1.165) is 63.8 Å². The first-order valence-electron chi connectivity index (χ1n) is 11.0. The number of nitrogens with zero attached hydrogens (tertiary/aromatic N) is 6. The summed E-state index contributed by atoms with van der Waals surface area (Å²) >= 11 is 0. The van der Waals surface area contributed by atoms with Gasteiger partial charge in [0.25, 0.3) is 0 Å². The van der Waals surface area contributed by atoms with E-state index in [1.54, 1.807) is 18.6 Å². The fourth-order valence-electron chi connectivity index (χ4n) is 4.58. The topological polar surface area (TPSA) is 79.0 Å². The molecule has 1 atom stereocenters. The normalized spacial score (nSPS) is 17.7. The molecule has 4 aromatic heterocycles. The number of nitrogens with one attached hydrogen (secondary N) is 1. The van der Waals surface area contributed by atoms with Crippen LogP contribution in [0.5, 0.6) is 0 Å². The van der Waals surface area contributed by atoms with E-state index < -0.39 is 0 Å². The summed E-state index contributed by atoms with van der Waals surface area (Å²) in [5.74, 6) is 0.998. The summed E-state index contributed by atoms with van der Waals surface area (Å²) in [5, 5.41) is 3.63. The molecule has 158 valence electrons. The summed E-state index contributed by atoms with van der Waals surface area (Å²) in [6.07, 6.45) is 14.2. The second-order valence-corrected chi connectivity index (χ2v) is 8.32. The van der Waals surface area contributed by atoms with Crippen LogP contribution in [-0.4, -0.2) is 38.4 Å². The third-order valence-corrected chi connectivity index (χ3v) is 6.30. The minimum absolute atomic E-state index is 0.179. The van der Waals surface area contributed by atoms with Gasteiger partial charge in [0.15, 0.2) is 0 Å². The Morgan fingerprint density at radius 2 is 1.82 bits per heavy atom. The number of hydrogen-bond donors (Lipinski definition) is 1. The summed E-state index contributed by atoms with van der Waals surface area (Å²) in [7, 11) is 0. The van der Waals surface area contributed by atoms with Crippen molar-refractivity contribution < 1.29 is 0 Å². The second kappa shape index (κ2) is 7.06. The first kappa shape index (κ1) is 18.2. The third-order valence-electron chi connectivity index (χ3n) is 6.30. The summed E-state index contributed by atoms with van der Waals surface area (Å²) < 4.78 is 0. The van der Waals surface area contributed by atoms with Crippen molar-refractivity contribution in [2.75, 3.05) is 16.8 Å². The number of aromatic nitrogens is 4. The Morgan fingerprint density at radius 3 is 2.70 bits per heavy atom. The summed E-state index contributed by atoms with van der Waals surface area (Å²) in [4.78, 5) is 25.1. The molecule has 0 bridgehead atoms. The maximum absolute atomic E-state index is 5.04. The molecule has 7 heterocycles. The Morgan fingerprint density at radius 1 is 0.879 bits per heavy atom. The number of aliphatic imine (C=N–C) groups is 1. The number of rotatable bonds is 3. The first-order valence-corrected chi connectivity index (χ1v) is 11.0. The van der Waals surface area contributed by atoms with Crippen molar-refractivity contribution in [1.29, 1.82) is 0 Å². The zero-order valence-corrected chi connectivity index (χ0v) is 17.7. The van der Waals surface area contributed by atoms with Gasteiger partial charge in [0.05, 0.1) is 23.6 Å². The summed E-state index contributed by atoms with van der Waals surface area (Å²) in [6, 6.07) is 12.2. The van der Waals surface area contributed by atoms with Crippen LogP contribution >= 0.6 is 0 Å². The van der Waals surface area contributed by atoms with Crippen molar-refractivity contribution in [2.45, 2.75) is 12.6 Å². The number of hydrogen-bond acceptors (Lipinski definition) is 7. The lowest BCUT2D eigenvalue weighted by Crippen LogP contribution is -2.23. The highest BCUT2D eigenvalue weighted by Crippen LogP contribution is 2.40. The smallest absolute Gasteiger partial charge is 0.141 e. The van der Waals surface area contributed by atoms with Crippen LogP contribution in [0.1, 0.15) is 11.1 Å². The van der Waals surface area contributed by atoms with Crippen molar-refractivity contribution >= 4 is 17.2 Å². The van der Waals surface area contributed by atoms with E-state index in [0.29, 0.717) is 0 Å². The van der Waals surface area contributed by atoms with Crippen LogP contribution < -0.4 is 10.2 Å². The van der Waals surface area contributed by atoms with Crippen LogP contribution in [0.4, 0.5) is 11.5 Å². The van der Waals surface area contributed by atoms with Crippen LogP contribution in [0.2, 0.25) is 0 Å². The number of fused-ring (bicyclic) bond motifs is 4. The molecule has 3 aliphatic rings. The SMILES string of the molecule is C1=C(C2=NC3CN3c3ncc(-c4cccnc4)cc32)Nc2ccnc(-c3ccncc3)c2C1. The lowest BCUT2D eigenvalue weighted by atomic mass is 9.95. The highest BCUT2D eigenvalue weighted by molar-refractivity contribution is 6.19. The number of anilines is 2. The van der Waals surface area contributed by atoms with Crippen molar-refractivity contribution in [3.8, 4) is 22.4 Å². The van der Waals surface area contributed by atoms with Crippen molar-refractivity contribution in [3.05, 3.63) is 96.5 Å². The van der Waals surface area contributed by atoms with E-state index in [9.17, 15) is 0 Å². The van der Waals surface area contributed by atoms with Gasteiger partial charge in [0.2, 0.25) is 0 Å². The maximum Gasteiger partial charge on any atom is 0.141 e. The zero-order valence-electron chi connectivity index (χ0n) is 17.7. The van der Waals surface area contributed by atoms with Crippen LogP contribution in [0.25, 0.3) is 22.4 Å². The zero-order chi connectivity index (χ0) is 21.8. The van der Waals surface area contributed by atoms with Gasteiger partial charge in [-0.15, -0.1) is 0 Å². The quantitative estimate of drug-likeness (QED) is 0.494. The Kier molecular flexibility index (Phi) is 3.90. The monoisotopic (exact) mass is 429 g/mol. The van der Waals surface area contributed by atoms with Gasteiger partial charge in [-0.25, -0.2) is 4.98 Å². The molecule has 1 fully saturated rings. The van der Waals surface area contributed by atoms with Gasteiger partial charge in [-0.3, -0.25) is 19.9 Å². The molecule has 3 aliphatic heterocycles. The molecule has 7 nitrogen and oxygen atoms in total. The van der Waals surface area contributed by atoms with Crippen molar-refractivity contribution in [2.24, 2.45) is 4.99 Å². The average molecular weight is 429 g/mol. The van der Waals surface area contributed by atoms with E-state index in [1.807, 2.05) is 42.9 Å². The molecule has 0 spiro atoms. The summed E-state index contributed by atoms with van der Waals surface area (Å²) in [6.45, 7) is 0.912. The van der Waals surface area contributed by atoms with Gasteiger partial charge in [-0.05, 0) is 36.8 Å². The molecule has 33 heavy (non-hydrogen) atoms. The molecule has 0 radical (unpaired) electrons. The molecular formula is C26H19N7. The lowest BCUT2D eigenvalue weighted by Gasteiger charge is -2.25. The molecule has 4 aromatic rings. The second-order valence-electron chi connectivity index (χ2n) is 8.32. The highest BCUT2D eigenvalue weighted by atomic mass is 15.4. The molecule has 7 rings (SSSR count). The van der Waals surface area contributed by atoms with Gasteiger partial charge in [-0.2, -0.15) is 0 Å². The van der Waals surface area contributed by atoms with Crippen LogP contribution in [0.15, 0.2) is 90.3 Å². The Labute approximate surface area is 190 Å². The number of allylic oxidation sites excluding steroid dienone is 2. The minimum atomic E-state index is 0.179. The molecule has 7 heteroatoms. The van der Waals surface area contributed by atoms with Crippen molar-refractivity contribution in [3.63, 3.8) is 0 Å². The predicted molar refractivity (Wildman–Crippen MR) is 128 cm³/mol. The highest BCUT2D eigenvalue weighted by Gasteiger charge is 2.42. The fraction of sp³-hybridized carbons (Fsp3) is 0.115. The third kappa shape index (κ3) is 3.01. The molecule has 0 amide bonds. The molecular weight excluding hydrogens is 410 g/mol. The van der Waals surface area contributed by atoms with Crippen LogP contribution in [-0.2, 0) is 6.42 Å². The van der Waals surface area contributed by atoms with Gasteiger partial charge < -0.3 is 10.2 Å². The first-order chi connectivity index (χ1) is 16.3. The Hall–Kier alpha value is -4.39. The standard InChI is InChI=1S/C26H19N7/c1-2-17(13-28-8-1)18-12-20-25(32-23-15-33(23)26(20)30-14-18)22-4-3-19-21(31-22)7-11-29-24(19)16-5-9-27-10-6-16/h1-2,4-14,23,31H,3,15H2. The summed E-state index contributed by atoms with van der Waals surface area (Å²) in [5.41, 5.74) is 9.42. The molecule has 0 saturated carbocycles. The maximum atomic E-state index is 5.04. The predicted octanol–water partition coefficient (Wildman–Crippen LogP) is 4.10. The minimum Gasteiger partial charge on any atom is -0.354 e. The molecule has 0 aromatic carbocycles. The van der Waals surface area contributed by atoms with Gasteiger partial charge in [-0.1, -0.05) is 12.1 Å². The molecule has 1 unspecified atom stereocenters. The van der Waals surface area contributed by atoms with E-state index in [2.05, 4.69) is 43.4 Å². The van der Waals surface area contributed by atoms with Gasteiger partial charge >= 0.3 is 0 Å². The molecule has 1 saturated heterocycles. The van der Waals surface area contributed by atoms with E-state index in [4.69, 9.17) is 9.98 Å². The largest absolute Gasteiger partial charge is 0.354 e. The van der Waals surface area contributed by atoms with Crippen LogP contribution in [0, 0.1) is 0 Å². The Bertz CT molecular complexity index is 1440. The van der Waals surface area contributed by atoms with Crippen LogP contribution in [0.3, 0.4) is 0 Å².